The van der Waals surface area contributed by atoms with Crippen molar-refractivity contribution in [1.82, 2.24) is 20.2 Å². The average Bonchev–Trinajstić information content (AvgIpc) is 3.56. The van der Waals surface area contributed by atoms with Crippen LogP contribution in [0.25, 0.3) is 0 Å². The van der Waals surface area contributed by atoms with Crippen molar-refractivity contribution >= 4 is 11.8 Å². The predicted octanol–water partition coefficient (Wildman–Crippen LogP) is 5.16. The number of nitrogens with zero attached hydrogens (tertiary/aromatic N) is 3. The molecule has 218 valence electrons. The molecular formula is C33H48N4O3. The van der Waals surface area contributed by atoms with Crippen LogP contribution in [0.1, 0.15) is 102 Å². The van der Waals surface area contributed by atoms with Crippen molar-refractivity contribution in [2.75, 3.05) is 13.1 Å². The summed E-state index contributed by atoms with van der Waals surface area (Å²) in [6, 6.07) is -0.0279. The highest BCUT2D eigenvalue weighted by atomic mass is 16.3. The lowest BCUT2D eigenvalue weighted by Crippen LogP contribution is -2.50. The number of rotatable bonds is 6. The van der Waals surface area contributed by atoms with Gasteiger partial charge in [-0.15, -0.1) is 0 Å². The molecular weight excluding hydrogens is 500 g/mol. The zero-order chi connectivity index (χ0) is 28.1. The second-order valence-corrected chi connectivity index (χ2v) is 14.3. The van der Waals surface area contributed by atoms with Crippen molar-refractivity contribution < 1.29 is 14.7 Å². The van der Waals surface area contributed by atoms with Gasteiger partial charge in [0.1, 0.15) is 5.69 Å². The molecule has 5 aliphatic rings. The van der Waals surface area contributed by atoms with E-state index in [0.29, 0.717) is 47.9 Å². The fraction of sp³-hybridized carbons (Fsp3) is 0.758. The van der Waals surface area contributed by atoms with Crippen LogP contribution in [-0.4, -0.2) is 57.0 Å². The molecule has 7 heteroatoms. The number of aliphatic hydroxyl groups excluding tert-OH is 1. The molecule has 1 aromatic heterocycles. The van der Waals surface area contributed by atoms with E-state index in [9.17, 15) is 14.7 Å². The first-order valence-electron chi connectivity index (χ1n) is 15.9. The Balaban J connectivity index is 1.02. The highest BCUT2D eigenvalue weighted by Gasteiger charge is 2.59. The van der Waals surface area contributed by atoms with E-state index in [1.165, 1.54) is 44.5 Å². The molecule has 6 rings (SSSR count). The maximum atomic E-state index is 13.2. The zero-order valence-corrected chi connectivity index (χ0v) is 24.6. The van der Waals surface area contributed by atoms with Crippen molar-refractivity contribution in [2.45, 2.75) is 104 Å². The zero-order valence-electron chi connectivity index (χ0n) is 24.6. The molecule has 1 aromatic rings. The van der Waals surface area contributed by atoms with Gasteiger partial charge in [-0.1, -0.05) is 32.4 Å². The van der Waals surface area contributed by atoms with Gasteiger partial charge < -0.3 is 15.3 Å². The lowest BCUT2D eigenvalue weighted by atomic mass is 9.47. The molecule has 2 amide bonds. The topological polar surface area (TPSA) is 95.4 Å². The molecule has 1 aliphatic heterocycles. The molecule has 2 N–H and O–H groups in total. The van der Waals surface area contributed by atoms with Gasteiger partial charge in [0.25, 0.3) is 5.91 Å². The second-order valence-electron chi connectivity index (χ2n) is 14.3. The molecule has 3 saturated carbocycles. The number of aliphatic hydroxyl groups is 1. The summed E-state index contributed by atoms with van der Waals surface area (Å²) in [6.45, 7) is 8.78. The standard InChI is InChI=1S/C33H48N4O3/c1-21(4-9-30(39)37-17-12-23(20-37)36-31(40)29-19-34-15-16-35-29)26-7-8-27-25-6-5-22-18-24(38)10-13-32(22,2)28(25)11-14-33(26,27)3/h5,15-16,19,21,23-28,38H,4,6-14,17-18,20H2,1-3H3,(H,36,40)/t21-,23+,24+,25+,26-,27+,28+,32+,33-/m1/s1. The number of hydrogen-bond donors (Lipinski definition) is 2. The molecule has 0 aromatic carbocycles. The predicted molar refractivity (Wildman–Crippen MR) is 154 cm³/mol. The van der Waals surface area contributed by atoms with Crippen molar-refractivity contribution in [3.8, 4) is 0 Å². The third-order valence-electron chi connectivity index (χ3n) is 12.3. The van der Waals surface area contributed by atoms with Crippen LogP contribution in [0, 0.1) is 40.4 Å². The van der Waals surface area contributed by atoms with Gasteiger partial charge in [0, 0.05) is 37.9 Å². The summed E-state index contributed by atoms with van der Waals surface area (Å²) >= 11 is 0. The largest absolute Gasteiger partial charge is 0.393 e. The van der Waals surface area contributed by atoms with E-state index in [2.05, 4.69) is 42.1 Å². The minimum Gasteiger partial charge on any atom is -0.393 e. The van der Waals surface area contributed by atoms with Gasteiger partial charge in [-0.25, -0.2) is 4.98 Å². The molecule has 0 radical (unpaired) electrons. The minimum absolute atomic E-state index is 0.0279. The Hall–Kier alpha value is -2.28. The van der Waals surface area contributed by atoms with Crippen LogP contribution in [-0.2, 0) is 4.79 Å². The summed E-state index contributed by atoms with van der Waals surface area (Å²) in [5.41, 5.74) is 2.54. The summed E-state index contributed by atoms with van der Waals surface area (Å²) in [4.78, 5) is 35.6. The molecule has 0 spiro atoms. The Morgan fingerprint density at radius 2 is 1.98 bits per heavy atom. The number of amides is 2. The van der Waals surface area contributed by atoms with Crippen molar-refractivity contribution in [2.24, 2.45) is 40.4 Å². The smallest absolute Gasteiger partial charge is 0.271 e. The Morgan fingerprint density at radius 1 is 1.12 bits per heavy atom. The number of fused-ring (bicyclic) bond motifs is 5. The van der Waals surface area contributed by atoms with Gasteiger partial charge >= 0.3 is 0 Å². The summed E-state index contributed by atoms with van der Waals surface area (Å²) in [6.07, 6.45) is 18.7. The summed E-state index contributed by atoms with van der Waals surface area (Å²) in [5, 5.41) is 13.3. The van der Waals surface area contributed by atoms with Gasteiger partial charge in [-0.05, 0) is 105 Å². The number of likely N-dealkylation sites (tertiary alicyclic amines) is 1. The SMILES string of the molecule is C[C@H](CCC(=O)N1CC[C@H](NC(=O)c2cnccn2)C1)[C@H]1CC[C@H]2[C@@H]3CC=C4C[C@@H](O)CC[C@]4(C)[C@H]3CC[C@]12C. The van der Waals surface area contributed by atoms with E-state index in [0.717, 1.165) is 49.9 Å². The molecule has 4 fully saturated rings. The fourth-order valence-corrected chi connectivity index (χ4v) is 10.1. The molecule has 2 heterocycles. The van der Waals surface area contributed by atoms with Crippen LogP contribution < -0.4 is 5.32 Å². The van der Waals surface area contributed by atoms with Crippen LogP contribution in [0.2, 0.25) is 0 Å². The number of allylic oxidation sites excluding steroid dienone is 1. The first kappa shape index (κ1) is 27.9. The molecule has 7 nitrogen and oxygen atoms in total. The molecule has 1 saturated heterocycles. The third-order valence-corrected chi connectivity index (χ3v) is 12.3. The van der Waals surface area contributed by atoms with Crippen molar-refractivity contribution in [3.63, 3.8) is 0 Å². The van der Waals surface area contributed by atoms with Gasteiger partial charge in [0.05, 0.1) is 12.3 Å². The number of carbonyl (C=O) groups excluding carboxylic acids is 2. The second kappa shape index (κ2) is 10.8. The van der Waals surface area contributed by atoms with E-state index in [-0.39, 0.29) is 24.0 Å². The van der Waals surface area contributed by atoms with Crippen molar-refractivity contribution in [1.29, 1.82) is 0 Å². The van der Waals surface area contributed by atoms with Crippen LogP contribution in [0.5, 0.6) is 0 Å². The molecule has 40 heavy (non-hydrogen) atoms. The molecule has 0 unspecified atom stereocenters. The Bertz CT molecular complexity index is 1140. The average molecular weight is 549 g/mol. The van der Waals surface area contributed by atoms with Crippen LogP contribution >= 0.6 is 0 Å². The number of nitrogens with one attached hydrogen (secondary N) is 1. The number of carbonyl (C=O) groups is 2. The normalized spacial score (nSPS) is 39.5. The Labute approximate surface area is 239 Å². The maximum absolute atomic E-state index is 13.2. The maximum Gasteiger partial charge on any atom is 0.271 e. The lowest BCUT2D eigenvalue weighted by Gasteiger charge is -2.58. The highest BCUT2D eigenvalue weighted by molar-refractivity contribution is 5.92. The fourth-order valence-electron chi connectivity index (χ4n) is 10.1. The molecule has 4 aliphatic carbocycles. The Morgan fingerprint density at radius 3 is 2.77 bits per heavy atom. The minimum atomic E-state index is -0.223. The Kier molecular flexibility index (Phi) is 7.56. The van der Waals surface area contributed by atoms with Crippen LogP contribution in [0.15, 0.2) is 30.2 Å². The van der Waals surface area contributed by atoms with Gasteiger partial charge in [0.15, 0.2) is 0 Å². The van der Waals surface area contributed by atoms with Crippen LogP contribution in [0.3, 0.4) is 0 Å². The first-order chi connectivity index (χ1) is 19.2. The summed E-state index contributed by atoms with van der Waals surface area (Å²) < 4.78 is 0. The first-order valence-corrected chi connectivity index (χ1v) is 15.9. The third kappa shape index (κ3) is 4.90. The van der Waals surface area contributed by atoms with Crippen molar-refractivity contribution in [3.05, 3.63) is 35.9 Å². The van der Waals surface area contributed by atoms with Gasteiger partial charge in [0.2, 0.25) is 5.91 Å². The lowest BCUT2D eigenvalue weighted by molar-refractivity contribution is -0.130. The number of aromatic nitrogens is 2. The highest BCUT2D eigenvalue weighted by Crippen LogP contribution is 2.67. The summed E-state index contributed by atoms with van der Waals surface area (Å²) in [7, 11) is 0. The van der Waals surface area contributed by atoms with E-state index >= 15 is 0 Å². The van der Waals surface area contributed by atoms with Gasteiger partial charge in [-0.3, -0.25) is 14.6 Å². The monoisotopic (exact) mass is 548 g/mol. The van der Waals surface area contributed by atoms with E-state index < -0.39 is 0 Å². The molecule has 9 atom stereocenters. The van der Waals surface area contributed by atoms with Gasteiger partial charge in [-0.2, -0.15) is 0 Å². The summed E-state index contributed by atoms with van der Waals surface area (Å²) in [5.74, 6) is 3.57. The number of hydrogen-bond acceptors (Lipinski definition) is 5. The van der Waals surface area contributed by atoms with E-state index in [4.69, 9.17) is 0 Å². The van der Waals surface area contributed by atoms with E-state index in [1.807, 2.05) is 4.90 Å². The van der Waals surface area contributed by atoms with E-state index in [1.54, 1.807) is 11.8 Å². The van der Waals surface area contributed by atoms with Crippen LogP contribution in [0.4, 0.5) is 0 Å². The quantitative estimate of drug-likeness (QED) is 0.479. The molecule has 0 bridgehead atoms.